The van der Waals surface area contributed by atoms with E-state index < -0.39 is 17.8 Å². The van der Waals surface area contributed by atoms with Crippen molar-refractivity contribution >= 4 is 11.9 Å². The molecule has 2 aromatic carbocycles. The van der Waals surface area contributed by atoms with Gasteiger partial charge in [-0.25, -0.2) is 0 Å². The van der Waals surface area contributed by atoms with E-state index in [4.69, 9.17) is 5.73 Å². The summed E-state index contributed by atoms with van der Waals surface area (Å²) in [6.45, 7) is 6.64. The predicted molar refractivity (Wildman–Crippen MR) is 114 cm³/mol. The molecule has 0 bridgehead atoms. The minimum atomic E-state index is -0.746. The van der Waals surface area contributed by atoms with Gasteiger partial charge in [0.15, 0.2) is 0 Å². The van der Waals surface area contributed by atoms with E-state index in [2.05, 4.69) is 24.8 Å². The van der Waals surface area contributed by atoms with Gasteiger partial charge in [-0.1, -0.05) is 56.3 Å². The number of primary amides is 1. The smallest absolute Gasteiger partial charge is 0.308 e. The first-order chi connectivity index (χ1) is 13.8. The average molecular weight is 395 g/mol. The Kier molecular flexibility index (Phi) is 6.38. The van der Waals surface area contributed by atoms with E-state index in [1.807, 2.05) is 42.5 Å². The topological polar surface area (TPSA) is 83.6 Å². The molecule has 1 saturated heterocycles. The van der Waals surface area contributed by atoms with Crippen LogP contribution in [-0.4, -0.2) is 41.5 Å². The fourth-order valence-corrected chi connectivity index (χ4v) is 4.38. The number of amides is 1. The Morgan fingerprint density at radius 1 is 1.21 bits per heavy atom. The first-order valence-electron chi connectivity index (χ1n) is 10.2. The van der Waals surface area contributed by atoms with Gasteiger partial charge in [-0.05, 0) is 54.0 Å². The minimum absolute atomic E-state index is 0.0693. The van der Waals surface area contributed by atoms with Gasteiger partial charge >= 0.3 is 5.97 Å². The number of hydrogen-bond donors (Lipinski definition) is 2. The van der Waals surface area contributed by atoms with Crippen molar-refractivity contribution < 1.29 is 14.7 Å². The van der Waals surface area contributed by atoms with Crippen LogP contribution in [0.4, 0.5) is 0 Å². The van der Waals surface area contributed by atoms with E-state index in [1.54, 1.807) is 6.07 Å². The molecule has 5 nitrogen and oxygen atoms in total. The number of nitrogens with zero attached hydrogens (tertiary/aromatic N) is 1. The van der Waals surface area contributed by atoms with E-state index in [9.17, 15) is 14.7 Å². The molecule has 0 aromatic heterocycles. The maximum atomic E-state index is 11.8. The van der Waals surface area contributed by atoms with E-state index in [1.165, 1.54) is 0 Å². The highest BCUT2D eigenvalue weighted by Gasteiger charge is 2.39. The molecule has 3 atom stereocenters. The maximum absolute atomic E-state index is 11.8. The van der Waals surface area contributed by atoms with Gasteiger partial charge in [0, 0.05) is 18.7 Å². The number of carbonyl (C=O) groups excluding carboxylic acids is 1. The molecule has 3 unspecified atom stereocenters. The van der Waals surface area contributed by atoms with Crippen LogP contribution in [0.1, 0.15) is 41.8 Å². The SMILES string of the molecule is CC1CN(CC(Cc2ccccc2)C(=O)O)CCC1(C)c1cccc(C(N)=O)c1. The lowest BCUT2D eigenvalue weighted by Crippen LogP contribution is -2.49. The third-order valence-corrected chi connectivity index (χ3v) is 6.53. The molecule has 29 heavy (non-hydrogen) atoms. The monoisotopic (exact) mass is 394 g/mol. The number of carboxylic acid groups (broad SMARTS) is 1. The molecule has 2 aromatic rings. The Hall–Kier alpha value is -2.66. The van der Waals surface area contributed by atoms with Gasteiger partial charge in [-0.2, -0.15) is 0 Å². The van der Waals surface area contributed by atoms with Gasteiger partial charge in [0.1, 0.15) is 0 Å². The first kappa shape index (κ1) is 21.1. The summed E-state index contributed by atoms with van der Waals surface area (Å²) >= 11 is 0. The molecule has 0 spiro atoms. The highest BCUT2D eigenvalue weighted by molar-refractivity contribution is 5.92. The summed E-state index contributed by atoms with van der Waals surface area (Å²) < 4.78 is 0. The van der Waals surface area contributed by atoms with Crippen LogP contribution in [0, 0.1) is 11.8 Å². The Labute approximate surface area is 172 Å². The van der Waals surface area contributed by atoms with Crippen LogP contribution in [0.15, 0.2) is 54.6 Å². The van der Waals surface area contributed by atoms with E-state index >= 15 is 0 Å². The summed E-state index contributed by atoms with van der Waals surface area (Å²) in [5, 5.41) is 9.72. The molecule has 1 amide bonds. The third kappa shape index (κ3) is 4.85. The number of nitrogens with two attached hydrogens (primary N) is 1. The van der Waals surface area contributed by atoms with Crippen molar-refractivity contribution in [2.24, 2.45) is 17.6 Å². The summed E-state index contributed by atoms with van der Waals surface area (Å²) in [6, 6.07) is 17.4. The largest absolute Gasteiger partial charge is 0.481 e. The van der Waals surface area contributed by atoms with Crippen LogP contribution in [-0.2, 0) is 16.6 Å². The summed E-state index contributed by atoms with van der Waals surface area (Å²) in [5.74, 6) is -1.26. The molecule has 1 aliphatic heterocycles. The van der Waals surface area contributed by atoms with Gasteiger partial charge in [0.25, 0.3) is 0 Å². The van der Waals surface area contributed by atoms with Crippen molar-refractivity contribution in [1.82, 2.24) is 4.90 Å². The summed E-state index contributed by atoms with van der Waals surface area (Å²) in [7, 11) is 0. The zero-order valence-electron chi connectivity index (χ0n) is 17.2. The lowest BCUT2D eigenvalue weighted by molar-refractivity contribution is -0.142. The van der Waals surface area contributed by atoms with Crippen molar-refractivity contribution in [2.75, 3.05) is 19.6 Å². The van der Waals surface area contributed by atoms with E-state index in [0.29, 0.717) is 24.4 Å². The first-order valence-corrected chi connectivity index (χ1v) is 10.2. The molecular weight excluding hydrogens is 364 g/mol. The van der Waals surface area contributed by atoms with Crippen LogP contribution in [0.3, 0.4) is 0 Å². The number of aliphatic carboxylic acids is 1. The second-order valence-corrected chi connectivity index (χ2v) is 8.50. The lowest BCUT2D eigenvalue weighted by Gasteiger charge is -2.45. The highest BCUT2D eigenvalue weighted by atomic mass is 16.4. The van der Waals surface area contributed by atoms with Crippen LogP contribution < -0.4 is 5.73 Å². The second-order valence-electron chi connectivity index (χ2n) is 8.50. The fourth-order valence-electron chi connectivity index (χ4n) is 4.38. The molecule has 1 fully saturated rings. The van der Waals surface area contributed by atoms with Gasteiger partial charge < -0.3 is 15.7 Å². The summed E-state index contributed by atoms with van der Waals surface area (Å²) in [5.41, 5.74) is 8.10. The Balaban J connectivity index is 1.69. The molecule has 3 rings (SSSR count). The van der Waals surface area contributed by atoms with Crippen molar-refractivity contribution in [2.45, 2.75) is 32.1 Å². The van der Waals surface area contributed by atoms with Crippen molar-refractivity contribution in [3.05, 3.63) is 71.3 Å². The van der Waals surface area contributed by atoms with Gasteiger partial charge in [0.05, 0.1) is 5.92 Å². The number of carbonyl (C=O) groups is 2. The van der Waals surface area contributed by atoms with E-state index in [-0.39, 0.29) is 5.41 Å². The number of piperidine rings is 1. The third-order valence-electron chi connectivity index (χ3n) is 6.53. The van der Waals surface area contributed by atoms with Gasteiger partial charge in [0.2, 0.25) is 5.91 Å². The normalized spacial score (nSPS) is 23.4. The second kappa shape index (κ2) is 8.78. The molecule has 5 heteroatoms. The number of rotatable bonds is 7. The number of carboxylic acids is 1. The molecule has 1 heterocycles. The molecule has 3 N–H and O–H groups in total. The van der Waals surface area contributed by atoms with Gasteiger partial charge in [-0.3, -0.25) is 9.59 Å². The lowest BCUT2D eigenvalue weighted by atomic mass is 9.67. The molecule has 0 aliphatic carbocycles. The van der Waals surface area contributed by atoms with Crippen LogP contribution in [0.2, 0.25) is 0 Å². The zero-order valence-corrected chi connectivity index (χ0v) is 17.2. The number of hydrogen-bond acceptors (Lipinski definition) is 3. The Morgan fingerprint density at radius 2 is 1.93 bits per heavy atom. The van der Waals surface area contributed by atoms with Crippen LogP contribution in [0.5, 0.6) is 0 Å². The van der Waals surface area contributed by atoms with Gasteiger partial charge in [-0.15, -0.1) is 0 Å². The summed E-state index contributed by atoms with van der Waals surface area (Å²) in [4.78, 5) is 25.7. The van der Waals surface area contributed by atoms with Crippen molar-refractivity contribution in [1.29, 1.82) is 0 Å². The Bertz CT molecular complexity index is 867. The molecule has 1 aliphatic rings. The van der Waals surface area contributed by atoms with Crippen molar-refractivity contribution in [3.8, 4) is 0 Å². The standard InChI is InChI=1S/C24H30N2O3/c1-17-15-26(16-20(23(28)29)13-18-7-4-3-5-8-18)12-11-24(17,2)21-10-6-9-19(14-21)22(25)27/h3-10,14,17,20H,11-13,15-16H2,1-2H3,(H2,25,27)(H,28,29). The minimum Gasteiger partial charge on any atom is -0.481 e. The number of likely N-dealkylation sites (tertiary alicyclic amines) is 1. The fraction of sp³-hybridized carbons (Fsp3) is 0.417. The number of benzene rings is 2. The van der Waals surface area contributed by atoms with Crippen molar-refractivity contribution in [3.63, 3.8) is 0 Å². The molecule has 154 valence electrons. The maximum Gasteiger partial charge on any atom is 0.308 e. The van der Waals surface area contributed by atoms with Crippen LogP contribution >= 0.6 is 0 Å². The predicted octanol–water partition coefficient (Wildman–Crippen LogP) is 3.33. The average Bonchev–Trinajstić information content (AvgIpc) is 2.71. The van der Waals surface area contributed by atoms with Crippen LogP contribution in [0.25, 0.3) is 0 Å². The Morgan fingerprint density at radius 3 is 2.55 bits per heavy atom. The highest BCUT2D eigenvalue weighted by Crippen LogP contribution is 2.39. The molecule has 0 saturated carbocycles. The van der Waals surface area contributed by atoms with E-state index in [0.717, 1.165) is 30.6 Å². The molecular formula is C24H30N2O3. The zero-order chi connectivity index (χ0) is 21.0. The summed E-state index contributed by atoms with van der Waals surface area (Å²) in [6.07, 6.45) is 1.45. The quantitative estimate of drug-likeness (QED) is 0.754. The molecule has 0 radical (unpaired) electrons.